The van der Waals surface area contributed by atoms with E-state index < -0.39 is 10.0 Å². The molecule has 0 aliphatic rings. The molecule has 7 heteroatoms. The quantitative estimate of drug-likeness (QED) is 0.600. The smallest absolute Gasteiger partial charge is 0.253 e. The minimum Gasteiger partial charge on any atom is -0.444 e. The van der Waals surface area contributed by atoms with Gasteiger partial charge in [-0.1, -0.05) is 0 Å². The third-order valence-electron chi connectivity index (χ3n) is 2.04. The molecule has 0 unspecified atom stereocenters. The van der Waals surface area contributed by atoms with Crippen LogP contribution < -0.4 is 10.7 Å². The number of aromatic nitrogens is 1. The summed E-state index contributed by atoms with van der Waals surface area (Å²) >= 11 is 0. The molecule has 0 saturated heterocycles. The number of hydrogen-bond donors (Lipinski definition) is 2. The molecule has 0 spiro atoms. The molecule has 0 saturated carbocycles. The first-order chi connectivity index (χ1) is 7.63. The molecule has 0 aliphatic heterocycles. The molecule has 1 heterocycles. The summed E-state index contributed by atoms with van der Waals surface area (Å²) in [5.74, 6) is 5.48. The van der Waals surface area contributed by atoms with Crippen molar-refractivity contribution in [2.24, 2.45) is 5.84 Å². The van der Waals surface area contributed by atoms with Crippen molar-refractivity contribution in [3.05, 3.63) is 36.9 Å². The van der Waals surface area contributed by atoms with Crippen molar-refractivity contribution in [1.82, 2.24) is 9.82 Å². The Morgan fingerprint density at radius 1 is 1.25 bits per heavy atom. The van der Waals surface area contributed by atoms with Crippen molar-refractivity contribution in [3.8, 4) is 11.3 Å². The van der Waals surface area contributed by atoms with Gasteiger partial charge in [0.15, 0.2) is 12.2 Å². The molecule has 84 valence electrons. The van der Waals surface area contributed by atoms with Crippen LogP contribution in [0.1, 0.15) is 0 Å². The number of oxazole rings is 1. The van der Waals surface area contributed by atoms with Crippen LogP contribution in [0.3, 0.4) is 0 Å². The summed E-state index contributed by atoms with van der Waals surface area (Å²) in [4.78, 5) is 5.61. The highest BCUT2D eigenvalue weighted by Crippen LogP contribution is 2.20. The van der Waals surface area contributed by atoms with Crippen LogP contribution in [0, 0.1) is 0 Å². The average Bonchev–Trinajstić information content (AvgIpc) is 2.83. The Morgan fingerprint density at radius 3 is 2.44 bits per heavy atom. The lowest BCUT2D eigenvalue weighted by Crippen LogP contribution is -2.30. The number of nitrogens with zero attached hydrogens (tertiary/aromatic N) is 1. The fourth-order valence-electron chi connectivity index (χ4n) is 1.22. The van der Waals surface area contributed by atoms with E-state index in [9.17, 15) is 8.42 Å². The topological polar surface area (TPSA) is 98.2 Å². The highest BCUT2D eigenvalue weighted by molar-refractivity contribution is 7.89. The van der Waals surface area contributed by atoms with Crippen molar-refractivity contribution >= 4 is 10.0 Å². The second-order valence-corrected chi connectivity index (χ2v) is 4.73. The Bertz CT molecular complexity index is 561. The third-order valence-corrected chi connectivity index (χ3v) is 3.24. The summed E-state index contributed by atoms with van der Waals surface area (Å²) in [7, 11) is -3.60. The number of benzene rings is 1. The fraction of sp³-hybridized carbons (Fsp3) is 0. The molecule has 0 amide bonds. The van der Waals surface area contributed by atoms with Crippen LogP contribution in [-0.4, -0.2) is 13.4 Å². The molecule has 0 atom stereocenters. The van der Waals surface area contributed by atoms with Crippen molar-refractivity contribution in [3.63, 3.8) is 0 Å². The summed E-state index contributed by atoms with van der Waals surface area (Å²) in [5, 5.41) is 0. The van der Waals surface area contributed by atoms with Gasteiger partial charge in [-0.3, -0.25) is 5.84 Å². The maximum Gasteiger partial charge on any atom is 0.253 e. The number of sulfonamides is 1. The van der Waals surface area contributed by atoms with Gasteiger partial charge in [0.05, 0.1) is 11.1 Å². The Hall–Kier alpha value is -1.70. The first kappa shape index (κ1) is 10.8. The number of hydrazine groups is 1. The molecule has 16 heavy (non-hydrogen) atoms. The van der Waals surface area contributed by atoms with Gasteiger partial charge in [-0.25, -0.2) is 13.4 Å². The number of nitrogens with one attached hydrogen (secondary N) is 1. The fourth-order valence-corrected chi connectivity index (χ4v) is 1.86. The Morgan fingerprint density at radius 2 is 1.94 bits per heavy atom. The van der Waals surface area contributed by atoms with Gasteiger partial charge in [-0.15, -0.1) is 0 Å². The van der Waals surface area contributed by atoms with Crippen molar-refractivity contribution in [2.45, 2.75) is 4.90 Å². The van der Waals surface area contributed by atoms with E-state index in [1.165, 1.54) is 18.5 Å². The number of rotatable bonds is 3. The summed E-state index contributed by atoms with van der Waals surface area (Å²) in [6, 6.07) is 6.11. The number of nitrogens with two attached hydrogens (primary N) is 1. The lowest BCUT2D eigenvalue weighted by molar-refractivity contribution is 0.571. The van der Waals surface area contributed by atoms with E-state index in [2.05, 4.69) is 4.98 Å². The van der Waals surface area contributed by atoms with Crippen LogP contribution in [0.15, 0.2) is 46.2 Å². The van der Waals surface area contributed by atoms with Crippen LogP contribution in [0.25, 0.3) is 11.3 Å². The molecule has 0 fully saturated rings. The zero-order chi connectivity index (χ0) is 11.6. The molecule has 0 aliphatic carbocycles. The molecule has 2 rings (SSSR count). The maximum absolute atomic E-state index is 11.3. The highest BCUT2D eigenvalue weighted by atomic mass is 32.2. The third kappa shape index (κ3) is 1.96. The maximum atomic E-state index is 11.3. The average molecular weight is 239 g/mol. The van der Waals surface area contributed by atoms with Gasteiger partial charge in [0.1, 0.15) is 0 Å². The van der Waals surface area contributed by atoms with Crippen LogP contribution >= 0.6 is 0 Å². The zero-order valence-electron chi connectivity index (χ0n) is 8.12. The first-order valence-electron chi connectivity index (χ1n) is 4.35. The Kier molecular flexibility index (Phi) is 2.73. The molecule has 3 N–H and O–H groups in total. The van der Waals surface area contributed by atoms with Crippen molar-refractivity contribution < 1.29 is 12.8 Å². The Labute approximate surface area is 92.1 Å². The van der Waals surface area contributed by atoms with Crippen LogP contribution in [-0.2, 0) is 10.0 Å². The van der Waals surface area contributed by atoms with Gasteiger partial charge >= 0.3 is 0 Å². The largest absolute Gasteiger partial charge is 0.444 e. The second kappa shape index (κ2) is 4.05. The molecular formula is C9H9N3O3S. The van der Waals surface area contributed by atoms with Gasteiger partial charge < -0.3 is 4.42 Å². The molecule has 1 aromatic carbocycles. The van der Waals surface area contributed by atoms with E-state index in [0.29, 0.717) is 5.76 Å². The second-order valence-electron chi connectivity index (χ2n) is 3.01. The standard InChI is InChI=1S/C9H9N3O3S/c10-12-16(13,14)8-3-1-7(2-4-8)9-5-11-6-15-9/h1-6,12H,10H2. The summed E-state index contributed by atoms with van der Waals surface area (Å²) < 4.78 is 27.7. The van der Waals surface area contributed by atoms with Crippen LogP contribution in [0.2, 0.25) is 0 Å². The van der Waals surface area contributed by atoms with E-state index in [0.717, 1.165) is 5.56 Å². The SMILES string of the molecule is NNS(=O)(=O)c1ccc(-c2cnco2)cc1. The van der Waals surface area contributed by atoms with Gasteiger partial charge in [0, 0.05) is 5.56 Å². The molecule has 0 bridgehead atoms. The van der Waals surface area contributed by atoms with Gasteiger partial charge in [-0.05, 0) is 24.3 Å². The van der Waals surface area contributed by atoms with E-state index in [4.69, 9.17) is 10.3 Å². The highest BCUT2D eigenvalue weighted by Gasteiger charge is 2.11. The molecule has 6 nitrogen and oxygen atoms in total. The van der Waals surface area contributed by atoms with Gasteiger partial charge in [-0.2, -0.15) is 4.83 Å². The molecule has 1 aromatic heterocycles. The summed E-state index contributed by atoms with van der Waals surface area (Å²) in [6.45, 7) is 0. The van der Waals surface area contributed by atoms with E-state index >= 15 is 0 Å². The van der Waals surface area contributed by atoms with E-state index in [-0.39, 0.29) is 4.90 Å². The van der Waals surface area contributed by atoms with Crippen LogP contribution in [0.5, 0.6) is 0 Å². The van der Waals surface area contributed by atoms with Crippen molar-refractivity contribution in [2.75, 3.05) is 0 Å². The summed E-state index contributed by atoms with van der Waals surface area (Å²) in [6.07, 6.45) is 2.85. The number of hydrogen-bond acceptors (Lipinski definition) is 5. The molecular weight excluding hydrogens is 230 g/mol. The lowest BCUT2D eigenvalue weighted by atomic mass is 10.2. The Balaban J connectivity index is 2.38. The summed E-state index contributed by atoms with van der Waals surface area (Å²) in [5.41, 5.74) is 0.744. The molecule has 2 aromatic rings. The van der Waals surface area contributed by atoms with Crippen molar-refractivity contribution in [1.29, 1.82) is 0 Å². The predicted molar refractivity (Wildman–Crippen MR) is 56.4 cm³/mol. The van der Waals surface area contributed by atoms with Gasteiger partial charge in [0.25, 0.3) is 10.0 Å². The lowest BCUT2D eigenvalue weighted by Gasteiger charge is -2.02. The molecule has 0 radical (unpaired) electrons. The van der Waals surface area contributed by atoms with Crippen LogP contribution in [0.4, 0.5) is 0 Å². The minimum atomic E-state index is -3.60. The van der Waals surface area contributed by atoms with E-state index in [1.54, 1.807) is 23.2 Å². The zero-order valence-corrected chi connectivity index (χ0v) is 8.94. The predicted octanol–water partition coefficient (Wildman–Crippen LogP) is 0.494. The van der Waals surface area contributed by atoms with Gasteiger partial charge in [0.2, 0.25) is 0 Å². The first-order valence-corrected chi connectivity index (χ1v) is 5.83. The normalized spacial score (nSPS) is 11.6. The van der Waals surface area contributed by atoms with E-state index in [1.807, 2.05) is 0 Å². The monoisotopic (exact) mass is 239 g/mol. The minimum absolute atomic E-state index is 0.0956.